The van der Waals surface area contributed by atoms with Crippen molar-refractivity contribution in [1.82, 2.24) is 4.98 Å². The van der Waals surface area contributed by atoms with Gasteiger partial charge in [-0.05, 0) is 67.1 Å². The number of pyridine rings is 1. The van der Waals surface area contributed by atoms with E-state index in [1.807, 2.05) is 6.07 Å². The molecule has 0 saturated carbocycles. The monoisotopic (exact) mass is 445 g/mol. The van der Waals surface area contributed by atoms with Crippen molar-refractivity contribution in [2.75, 3.05) is 0 Å². The highest BCUT2D eigenvalue weighted by Crippen LogP contribution is 2.35. The first kappa shape index (κ1) is 21.3. The fraction of sp³-hybridized carbons (Fsp3) is 0.0435. The Kier molecular flexibility index (Phi) is 6.23. The van der Waals surface area contributed by atoms with Crippen molar-refractivity contribution < 1.29 is 9.18 Å². The van der Waals surface area contributed by atoms with Gasteiger partial charge in [-0.1, -0.05) is 35.3 Å². The number of carbonyl (C=O) groups excluding carboxylic acids is 1. The van der Waals surface area contributed by atoms with E-state index in [2.05, 4.69) is 4.98 Å². The van der Waals surface area contributed by atoms with Gasteiger partial charge < -0.3 is 0 Å². The highest BCUT2D eigenvalue weighted by atomic mass is 35.5. The second kappa shape index (κ2) is 8.50. The summed E-state index contributed by atoms with van der Waals surface area (Å²) in [5.41, 5.74) is 3.67. The lowest BCUT2D eigenvalue weighted by molar-refractivity contribution is 0.103. The smallest absolute Gasteiger partial charge is 0.195 e. The number of ketones is 1. The van der Waals surface area contributed by atoms with Crippen LogP contribution in [0.2, 0.25) is 10.0 Å². The van der Waals surface area contributed by atoms with Crippen molar-refractivity contribution >= 4 is 52.3 Å². The van der Waals surface area contributed by atoms with Gasteiger partial charge in [-0.25, -0.2) is 4.39 Å². The Morgan fingerprint density at radius 2 is 1.52 bits per heavy atom. The third-order valence-electron chi connectivity index (χ3n) is 4.59. The highest BCUT2D eigenvalue weighted by Gasteiger charge is 2.22. The molecule has 2 nitrogen and oxygen atoms in total. The zero-order valence-corrected chi connectivity index (χ0v) is 17.6. The Morgan fingerprint density at radius 3 is 2.17 bits per heavy atom. The summed E-state index contributed by atoms with van der Waals surface area (Å²) >= 11 is 12.2. The van der Waals surface area contributed by atoms with Crippen LogP contribution in [-0.2, 0) is 0 Å². The maximum Gasteiger partial charge on any atom is 0.195 e. The molecule has 4 aromatic rings. The minimum absolute atomic E-state index is 0. The van der Waals surface area contributed by atoms with Crippen molar-refractivity contribution in [1.29, 1.82) is 0 Å². The summed E-state index contributed by atoms with van der Waals surface area (Å²) in [6.45, 7) is 1.80. The van der Waals surface area contributed by atoms with E-state index in [0.717, 1.165) is 10.9 Å². The van der Waals surface area contributed by atoms with Crippen LogP contribution in [0.25, 0.3) is 22.0 Å². The number of fused-ring (bicyclic) bond motifs is 1. The van der Waals surface area contributed by atoms with Crippen molar-refractivity contribution in [2.45, 2.75) is 6.92 Å². The first-order chi connectivity index (χ1) is 13.4. The zero-order chi connectivity index (χ0) is 19.8. The van der Waals surface area contributed by atoms with E-state index < -0.39 is 0 Å². The molecule has 0 aliphatic heterocycles. The van der Waals surface area contributed by atoms with E-state index in [9.17, 15) is 9.18 Å². The summed E-state index contributed by atoms with van der Waals surface area (Å²) in [6, 6.07) is 18.1. The predicted octanol–water partition coefficient (Wildman–Crippen LogP) is 7.31. The van der Waals surface area contributed by atoms with Crippen molar-refractivity contribution in [3.05, 3.63) is 99.4 Å². The number of halogens is 4. The second-order valence-electron chi connectivity index (χ2n) is 6.45. The summed E-state index contributed by atoms with van der Waals surface area (Å²) in [6.07, 6.45) is 0. The van der Waals surface area contributed by atoms with Gasteiger partial charge in [-0.3, -0.25) is 9.78 Å². The van der Waals surface area contributed by atoms with Gasteiger partial charge in [0.05, 0.1) is 11.1 Å². The number of nitrogens with zero attached hydrogens (tertiary/aromatic N) is 1. The number of hydrogen-bond acceptors (Lipinski definition) is 2. The lowest BCUT2D eigenvalue weighted by Crippen LogP contribution is -2.08. The lowest BCUT2D eigenvalue weighted by atomic mass is 9.90. The summed E-state index contributed by atoms with van der Waals surface area (Å²) in [5.74, 6) is -0.523. The summed E-state index contributed by atoms with van der Waals surface area (Å²) < 4.78 is 13.5. The van der Waals surface area contributed by atoms with E-state index in [1.54, 1.807) is 55.5 Å². The first-order valence-electron chi connectivity index (χ1n) is 8.60. The van der Waals surface area contributed by atoms with Gasteiger partial charge in [-0.15, -0.1) is 12.4 Å². The Hall–Kier alpha value is -2.46. The van der Waals surface area contributed by atoms with Crippen LogP contribution in [0.3, 0.4) is 0 Å². The molecular formula is C23H15Cl3FNO. The Morgan fingerprint density at radius 1 is 0.897 bits per heavy atom. The van der Waals surface area contributed by atoms with Crippen molar-refractivity contribution in [3.8, 4) is 11.1 Å². The zero-order valence-electron chi connectivity index (χ0n) is 15.2. The number of rotatable bonds is 3. The average molecular weight is 447 g/mol. The number of carbonyl (C=O) groups is 1. The van der Waals surface area contributed by atoms with Gasteiger partial charge in [-0.2, -0.15) is 0 Å². The lowest BCUT2D eigenvalue weighted by Gasteiger charge is -2.16. The van der Waals surface area contributed by atoms with Crippen molar-refractivity contribution in [3.63, 3.8) is 0 Å². The molecule has 29 heavy (non-hydrogen) atoms. The molecule has 3 aromatic carbocycles. The van der Waals surface area contributed by atoms with E-state index >= 15 is 0 Å². The van der Waals surface area contributed by atoms with E-state index in [-0.39, 0.29) is 24.0 Å². The highest BCUT2D eigenvalue weighted by molar-refractivity contribution is 6.32. The molecule has 0 N–H and O–H groups in total. The van der Waals surface area contributed by atoms with Crippen LogP contribution in [0, 0.1) is 12.7 Å². The standard InChI is InChI=1S/C23H14Cl2FNO.ClH/c1-13-21(23(28)15-2-6-16(24)7-3-15)22(14-4-9-18(26)10-5-14)19-12-17(25)8-11-20(19)27-13;/h2-12H,1H3;1H. The number of benzene rings is 3. The van der Waals surface area contributed by atoms with Crippen LogP contribution in [0.15, 0.2) is 66.7 Å². The van der Waals surface area contributed by atoms with E-state index in [4.69, 9.17) is 23.2 Å². The summed E-state index contributed by atoms with van der Waals surface area (Å²) in [5, 5.41) is 1.82. The van der Waals surface area contributed by atoms with Crippen LogP contribution in [0.4, 0.5) is 4.39 Å². The van der Waals surface area contributed by atoms with Gasteiger partial charge in [0.1, 0.15) is 5.82 Å². The van der Waals surface area contributed by atoms with E-state index in [0.29, 0.717) is 37.9 Å². The Bertz CT molecular complexity index is 1210. The SMILES string of the molecule is Cc1nc2ccc(Cl)cc2c(-c2ccc(F)cc2)c1C(=O)c1ccc(Cl)cc1.Cl. The predicted molar refractivity (Wildman–Crippen MR) is 119 cm³/mol. The Balaban J connectivity index is 0.00000240. The number of hydrogen-bond donors (Lipinski definition) is 0. The minimum Gasteiger partial charge on any atom is -0.289 e. The third kappa shape index (κ3) is 4.13. The third-order valence-corrected chi connectivity index (χ3v) is 5.08. The van der Waals surface area contributed by atoms with Gasteiger partial charge in [0, 0.05) is 32.3 Å². The fourth-order valence-electron chi connectivity index (χ4n) is 3.30. The molecule has 0 aliphatic rings. The molecule has 0 saturated heterocycles. The minimum atomic E-state index is -0.345. The topological polar surface area (TPSA) is 30.0 Å². The molecule has 1 aromatic heterocycles. The molecule has 0 spiro atoms. The molecule has 0 aliphatic carbocycles. The van der Waals surface area contributed by atoms with E-state index in [1.165, 1.54) is 12.1 Å². The van der Waals surface area contributed by atoms with Crippen molar-refractivity contribution in [2.24, 2.45) is 0 Å². The molecule has 146 valence electrons. The quantitative estimate of drug-likeness (QED) is 0.309. The van der Waals surface area contributed by atoms with Gasteiger partial charge >= 0.3 is 0 Å². The maximum atomic E-state index is 13.5. The molecule has 0 amide bonds. The molecule has 0 unspecified atom stereocenters. The van der Waals surface area contributed by atoms with Gasteiger partial charge in [0.15, 0.2) is 5.78 Å². The molecule has 0 bridgehead atoms. The molecule has 6 heteroatoms. The molecule has 0 radical (unpaired) electrons. The second-order valence-corrected chi connectivity index (χ2v) is 7.32. The number of aryl methyl sites for hydroxylation is 1. The van der Waals surface area contributed by atoms with Gasteiger partial charge in [0.2, 0.25) is 0 Å². The molecule has 4 rings (SSSR count). The molecule has 0 fully saturated rings. The van der Waals surface area contributed by atoms with Crippen LogP contribution >= 0.6 is 35.6 Å². The van der Waals surface area contributed by atoms with Crippen LogP contribution in [-0.4, -0.2) is 10.8 Å². The average Bonchev–Trinajstić information content (AvgIpc) is 2.68. The molecule has 0 atom stereocenters. The Labute approximate surface area is 183 Å². The number of aromatic nitrogens is 1. The first-order valence-corrected chi connectivity index (χ1v) is 9.35. The summed E-state index contributed by atoms with van der Waals surface area (Å²) in [7, 11) is 0. The summed E-state index contributed by atoms with van der Waals surface area (Å²) in [4.78, 5) is 18.0. The molecule has 1 heterocycles. The largest absolute Gasteiger partial charge is 0.289 e. The fourth-order valence-corrected chi connectivity index (χ4v) is 3.60. The maximum absolute atomic E-state index is 13.5. The van der Waals surface area contributed by atoms with Crippen LogP contribution in [0.1, 0.15) is 21.6 Å². The normalized spacial score (nSPS) is 10.6. The van der Waals surface area contributed by atoms with Gasteiger partial charge in [0.25, 0.3) is 0 Å². The molecular weight excluding hydrogens is 432 g/mol. The van der Waals surface area contributed by atoms with Crippen LogP contribution < -0.4 is 0 Å². The van der Waals surface area contributed by atoms with Crippen LogP contribution in [0.5, 0.6) is 0 Å².